The fourth-order valence-corrected chi connectivity index (χ4v) is 2.03. The summed E-state index contributed by atoms with van der Waals surface area (Å²) in [6, 6.07) is 5.94. The number of hydrogen-bond donors (Lipinski definition) is 1. The van der Waals surface area contributed by atoms with Crippen molar-refractivity contribution in [2.75, 3.05) is 5.32 Å². The van der Waals surface area contributed by atoms with Crippen molar-refractivity contribution >= 4 is 22.9 Å². The Morgan fingerprint density at radius 1 is 1.31 bits per heavy atom. The number of thiazole rings is 1. The Kier molecular flexibility index (Phi) is 3.01. The van der Waals surface area contributed by atoms with E-state index >= 15 is 0 Å². The van der Waals surface area contributed by atoms with Crippen LogP contribution >= 0.6 is 11.3 Å². The van der Waals surface area contributed by atoms with Crippen LogP contribution in [0, 0.1) is 13.8 Å². The number of amides is 1. The molecule has 1 amide bonds. The van der Waals surface area contributed by atoms with Gasteiger partial charge in [-0.1, -0.05) is 18.2 Å². The molecule has 0 aliphatic carbocycles. The van der Waals surface area contributed by atoms with Crippen LogP contribution in [0.4, 0.5) is 5.69 Å². The molecule has 82 valence electrons. The normalized spacial score (nSPS) is 10.1. The predicted molar refractivity (Wildman–Crippen MR) is 66.0 cm³/mol. The second-order valence-corrected chi connectivity index (χ2v) is 4.47. The van der Waals surface area contributed by atoms with E-state index < -0.39 is 0 Å². The number of para-hydroxylation sites is 1. The largest absolute Gasteiger partial charge is 0.321 e. The van der Waals surface area contributed by atoms with Gasteiger partial charge in [0.1, 0.15) is 4.88 Å². The van der Waals surface area contributed by atoms with Gasteiger partial charge in [0.25, 0.3) is 5.91 Å². The number of aryl methyl sites for hydroxylation is 2. The summed E-state index contributed by atoms with van der Waals surface area (Å²) < 4.78 is 0. The fraction of sp³-hybridized carbons (Fsp3) is 0.167. The van der Waals surface area contributed by atoms with E-state index in [0.717, 1.165) is 16.8 Å². The zero-order valence-corrected chi connectivity index (χ0v) is 9.97. The Hall–Kier alpha value is -1.68. The molecule has 3 nitrogen and oxygen atoms in total. The van der Waals surface area contributed by atoms with E-state index in [0.29, 0.717) is 4.88 Å². The van der Waals surface area contributed by atoms with Crippen LogP contribution in [-0.2, 0) is 0 Å². The van der Waals surface area contributed by atoms with Gasteiger partial charge in [-0.05, 0) is 25.0 Å². The minimum Gasteiger partial charge on any atom is -0.321 e. The van der Waals surface area contributed by atoms with Crippen LogP contribution in [0.25, 0.3) is 0 Å². The number of aromatic nitrogens is 1. The number of anilines is 1. The van der Waals surface area contributed by atoms with E-state index in [1.165, 1.54) is 11.3 Å². The predicted octanol–water partition coefficient (Wildman–Crippen LogP) is 3.01. The van der Waals surface area contributed by atoms with Gasteiger partial charge in [-0.15, -0.1) is 11.3 Å². The number of carbonyl (C=O) groups excluding carboxylic acids is 1. The summed E-state index contributed by atoms with van der Waals surface area (Å²) in [5, 5.41) is 2.91. The molecule has 1 aromatic carbocycles. The Labute approximate surface area is 98.2 Å². The highest BCUT2D eigenvalue weighted by atomic mass is 32.1. The molecule has 0 unspecified atom stereocenters. The van der Waals surface area contributed by atoms with E-state index in [9.17, 15) is 4.79 Å². The average Bonchev–Trinajstić information content (AvgIpc) is 2.76. The van der Waals surface area contributed by atoms with Crippen molar-refractivity contribution in [2.24, 2.45) is 0 Å². The lowest BCUT2D eigenvalue weighted by atomic mass is 10.1. The summed E-state index contributed by atoms with van der Waals surface area (Å²) in [5.41, 5.74) is 4.68. The number of rotatable bonds is 2. The standard InChI is InChI=1S/C12H12N2OS/c1-8-4-3-5-9(2)11(8)14-12(15)10-6-13-7-16-10/h3-7H,1-2H3,(H,14,15). The molecule has 0 radical (unpaired) electrons. The van der Waals surface area contributed by atoms with Gasteiger partial charge in [-0.25, -0.2) is 0 Å². The number of carbonyl (C=O) groups is 1. The minimum atomic E-state index is -0.0973. The van der Waals surface area contributed by atoms with Gasteiger partial charge in [0.05, 0.1) is 11.7 Å². The molecule has 1 N–H and O–H groups in total. The number of nitrogens with one attached hydrogen (secondary N) is 1. The first-order valence-electron chi connectivity index (χ1n) is 4.94. The lowest BCUT2D eigenvalue weighted by Crippen LogP contribution is -2.12. The summed E-state index contributed by atoms with van der Waals surface area (Å²) in [6.07, 6.45) is 1.58. The van der Waals surface area contributed by atoms with Crippen LogP contribution in [0.3, 0.4) is 0 Å². The Morgan fingerprint density at radius 2 is 2.00 bits per heavy atom. The van der Waals surface area contributed by atoms with Crippen molar-refractivity contribution in [2.45, 2.75) is 13.8 Å². The first-order chi connectivity index (χ1) is 7.68. The highest BCUT2D eigenvalue weighted by Gasteiger charge is 2.10. The monoisotopic (exact) mass is 232 g/mol. The molecule has 0 spiro atoms. The summed E-state index contributed by atoms with van der Waals surface area (Å²) in [4.78, 5) is 16.4. The average molecular weight is 232 g/mol. The zero-order chi connectivity index (χ0) is 11.5. The maximum Gasteiger partial charge on any atom is 0.267 e. The summed E-state index contributed by atoms with van der Waals surface area (Å²) in [5.74, 6) is -0.0973. The van der Waals surface area contributed by atoms with Gasteiger partial charge in [0.15, 0.2) is 0 Å². The van der Waals surface area contributed by atoms with Crippen LogP contribution < -0.4 is 5.32 Å². The summed E-state index contributed by atoms with van der Waals surface area (Å²) in [7, 11) is 0. The van der Waals surface area contributed by atoms with Crippen LogP contribution in [0.15, 0.2) is 29.9 Å². The molecule has 0 fully saturated rings. The highest BCUT2D eigenvalue weighted by Crippen LogP contribution is 2.20. The quantitative estimate of drug-likeness (QED) is 0.864. The highest BCUT2D eigenvalue weighted by molar-refractivity contribution is 7.11. The third kappa shape index (κ3) is 2.12. The van der Waals surface area contributed by atoms with Crippen LogP contribution in [0.5, 0.6) is 0 Å². The summed E-state index contributed by atoms with van der Waals surface area (Å²) >= 11 is 1.34. The van der Waals surface area contributed by atoms with E-state index in [4.69, 9.17) is 0 Å². The number of hydrogen-bond acceptors (Lipinski definition) is 3. The Morgan fingerprint density at radius 3 is 2.56 bits per heavy atom. The third-order valence-corrected chi connectivity index (χ3v) is 3.15. The lowest BCUT2D eigenvalue weighted by molar-refractivity contribution is 0.103. The molecule has 1 aromatic heterocycles. The summed E-state index contributed by atoms with van der Waals surface area (Å²) in [6.45, 7) is 3.96. The molecule has 0 bridgehead atoms. The number of nitrogens with zero attached hydrogens (tertiary/aromatic N) is 1. The van der Waals surface area contributed by atoms with Crippen molar-refractivity contribution in [1.29, 1.82) is 0 Å². The molecule has 0 aliphatic rings. The van der Waals surface area contributed by atoms with Crippen LogP contribution in [0.1, 0.15) is 20.8 Å². The number of benzene rings is 1. The molecule has 0 saturated carbocycles. The second-order valence-electron chi connectivity index (χ2n) is 3.59. The first-order valence-corrected chi connectivity index (χ1v) is 5.82. The molecular weight excluding hydrogens is 220 g/mol. The second kappa shape index (κ2) is 4.45. The van der Waals surface area contributed by atoms with Crippen molar-refractivity contribution in [1.82, 2.24) is 4.98 Å². The minimum absolute atomic E-state index is 0.0973. The molecule has 4 heteroatoms. The lowest BCUT2D eigenvalue weighted by Gasteiger charge is -2.10. The Balaban J connectivity index is 2.25. The van der Waals surface area contributed by atoms with Crippen molar-refractivity contribution in [3.05, 3.63) is 45.9 Å². The van der Waals surface area contributed by atoms with E-state index in [2.05, 4.69) is 10.3 Å². The van der Waals surface area contributed by atoms with Gasteiger partial charge >= 0.3 is 0 Å². The molecule has 0 aliphatic heterocycles. The van der Waals surface area contributed by atoms with Gasteiger partial charge < -0.3 is 5.32 Å². The smallest absolute Gasteiger partial charge is 0.267 e. The Bertz CT molecular complexity index is 485. The SMILES string of the molecule is Cc1cccc(C)c1NC(=O)c1cncs1. The van der Waals surface area contributed by atoms with Crippen LogP contribution in [-0.4, -0.2) is 10.9 Å². The molecule has 0 saturated heterocycles. The first kappa shape index (κ1) is 10.8. The molecule has 2 rings (SSSR count). The third-order valence-electron chi connectivity index (χ3n) is 2.38. The van der Waals surface area contributed by atoms with E-state index in [1.54, 1.807) is 11.7 Å². The maximum atomic E-state index is 11.8. The molecule has 1 heterocycles. The van der Waals surface area contributed by atoms with Gasteiger partial charge in [-0.3, -0.25) is 9.78 Å². The van der Waals surface area contributed by atoms with Gasteiger partial charge in [0, 0.05) is 5.69 Å². The maximum absolute atomic E-state index is 11.8. The van der Waals surface area contributed by atoms with Gasteiger partial charge in [-0.2, -0.15) is 0 Å². The molecule has 0 atom stereocenters. The van der Waals surface area contributed by atoms with Gasteiger partial charge in [0.2, 0.25) is 0 Å². The van der Waals surface area contributed by atoms with Crippen LogP contribution in [0.2, 0.25) is 0 Å². The van der Waals surface area contributed by atoms with E-state index in [-0.39, 0.29) is 5.91 Å². The topological polar surface area (TPSA) is 42.0 Å². The van der Waals surface area contributed by atoms with Crippen molar-refractivity contribution in [3.8, 4) is 0 Å². The van der Waals surface area contributed by atoms with E-state index in [1.807, 2.05) is 32.0 Å². The zero-order valence-electron chi connectivity index (χ0n) is 9.15. The molecule has 16 heavy (non-hydrogen) atoms. The van der Waals surface area contributed by atoms with Crippen molar-refractivity contribution < 1.29 is 4.79 Å². The molecular formula is C12H12N2OS. The fourth-order valence-electron chi connectivity index (χ4n) is 1.51. The molecule has 2 aromatic rings. The van der Waals surface area contributed by atoms with Crippen molar-refractivity contribution in [3.63, 3.8) is 0 Å².